The second kappa shape index (κ2) is 10.5. The molecule has 0 radical (unpaired) electrons. The molecule has 2 aromatic carbocycles. The third-order valence-corrected chi connectivity index (χ3v) is 6.56. The predicted octanol–water partition coefficient (Wildman–Crippen LogP) is 4.91. The molecule has 204 valence electrons. The van der Waals surface area contributed by atoms with Gasteiger partial charge in [0.2, 0.25) is 0 Å². The molecule has 0 unspecified atom stereocenters. The van der Waals surface area contributed by atoms with Crippen LogP contribution in [0.3, 0.4) is 0 Å². The highest BCUT2D eigenvalue weighted by molar-refractivity contribution is 6.06. The van der Waals surface area contributed by atoms with Crippen molar-refractivity contribution in [3.8, 4) is 17.2 Å². The molecule has 0 bridgehead atoms. The van der Waals surface area contributed by atoms with Gasteiger partial charge in [-0.1, -0.05) is 20.8 Å². The zero-order valence-electron chi connectivity index (χ0n) is 22.7. The van der Waals surface area contributed by atoms with E-state index in [-0.39, 0.29) is 55.0 Å². The number of amidine groups is 1. The van der Waals surface area contributed by atoms with Gasteiger partial charge in [0.1, 0.15) is 18.2 Å². The first kappa shape index (κ1) is 27.2. The van der Waals surface area contributed by atoms with Gasteiger partial charge in [0.05, 0.1) is 44.7 Å². The Labute approximate surface area is 221 Å². The molecule has 1 saturated heterocycles. The number of Topliss-reactive ketones (excluding diaryl/α,β-unsaturated/α-hetero) is 1. The lowest BCUT2D eigenvalue weighted by Gasteiger charge is -2.27. The fourth-order valence-electron chi connectivity index (χ4n) is 4.78. The highest BCUT2D eigenvalue weighted by Crippen LogP contribution is 2.42. The van der Waals surface area contributed by atoms with Gasteiger partial charge in [-0.15, -0.1) is 0 Å². The number of halogens is 1. The number of ketones is 1. The Kier molecular flexibility index (Phi) is 7.53. The molecule has 0 atom stereocenters. The molecule has 2 heterocycles. The summed E-state index contributed by atoms with van der Waals surface area (Å²) in [4.78, 5) is 29.0. The molecule has 0 saturated carbocycles. The van der Waals surface area contributed by atoms with Gasteiger partial charge in [-0.25, -0.2) is 9.18 Å². The zero-order valence-corrected chi connectivity index (χ0v) is 22.7. The van der Waals surface area contributed by atoms with Crippen LogP contribution in [0.25, 0.3) is 0 Å². The van der Waals surface area contributed by atoms with Crippen molar-refractivity contribution in [1.82, 2.24) is 4.90 Å². The van der Waals surface area contributed by atoms with E-state index >= 15 is 4.39 Å². The SMILES string of the molecule is CCOc1cc2c(c(F)c1OCC)C(=N)N(CC(=O)c1cc(N3CCOC3=O)c(OC)c(C(C)(C)C)c1)C2. The highest BCUT2D eigenvalue weighted by atomic mass is 19.1. The van der Waals surface area contributed by atoms with Gasteiger partial charge in [-0.05, 0) is 43.0 Å². The van der Waals surface area contributed by atoms with Crippen LogP contribution in [0.4, 0.5) is 14.9 Å². The number of ether oxygens (including phenoxy) is 4. The number of anilines is 1. The Hall–Kier alpha value is -3.82. The lowest BCUT2D eigenvalue weighted by Crippen LogP contribution is -2.31. The van der Waals surface area contributed by atoms with E-state index in [1.807, 2.05) is 20.8 Å². The Morgan fingerprint density at radius 1 is 1.13 bits per heavy atom. The summed E-state index contributed by atoms with van der Waals surface area (Å²) in [6.45, 7) is 10.7. The minimum absolute atomic E-state index is 0.0295. The third kappa shape index (κ3) is 4.87. The predicted molar refractivity (Wildman–Crippen MR) is 141 cm³/mol. The van der Waals surface area contributed by atoms with E-state index in [1.165, 1.54) is 16.9 Å². The molecule has 9 nitrogen and oxygen atoms in total. The highest BCUT2D eigenvalue weighted by Gasteiger charge is 2.35. The standard InChI is InChI=1S/C28H34FN3O6/c1-7-36-21-13-17-14-31(26(30)22(17)23(29)25(21)37-8-2)15-20(33)16-11-18(28(3,4)5)24(35-6)19(12-16)32-9-10-38-27(32)34/h11-13,30H,7-10,14-15H2,1-6H3. The maximum atomic E-state index is 15.4. The molecule has 4 rings (SSSR count). The Bertz CT molecular complexity index is 1290. The van der Waals surface area contributed by atoms with Crippen molar-refractivity contribution in [1.29, 1.82) is 5.41 Å². The topological polar surface area (TPSA) is 101 Å². The number of carbonyl (C=O) groups is 2. The monoisotopic (exact) mass is 527 g/mol. The van der Waals surface area contributed by atoms with Crippen molar-refractivity contribution < 1.29 is 32.9 Å². The van der Waals surface area contributed by atoms with Crippen molar-refractivity contribution in [2.24, 2.45) is 0 Å². The second-order valence-electron chi connectivity index (χ2n) is 10.1. The largest absolute Gasteiger partial charge is 0.494 e. The molecule has 38 heavy (non-hydrogen) atoms. The molecule has 1 amide bonds. The lowest BCUT2D eigenvalue weighted by molar-refractivity contribution is 0.0962. The smallest absolute Gasteiger partial charge is 0.414 e. The van der Waals surface area contributed by atoms with Crippen LogP contribution in [0, 0.1) is 11.2 Å². The van der Waals surface area contributed by atoms with E-state index in [2.05, 4.69) is 0 Å². The quantitative estimate of drug-likeness (QED) is 0.463. The summed E-state index contributed by atoms with van der Waals surface area (Å²) in [6.07, 6.45) is -0.504. The van der Waals surface area contributed by atoms with Crippen molar-refractivity contribution in [3.05, 3.63) is 46.3 Å². The van der Waals surface area contributed by atoms with E-state index < -0.39 is 17.3 Å². The van der Waals surface area contributed by atoms with Crippen LogP contribution in [0.5, 0.6) is 17.2 Å². The zero-order chi connectivity index (χ0) is 27.8. The number of methoxy groups -OCH3 is 1. The number of fused-ring (bicyclic) bond motifs is 1. The number of amides is 1. The van der Waals surface area contributed by atoms with Gasteiger partial charge in [-0.3, -0.25) is 15.1 Å². The first-order chi connectivity index (χ1) is 18.0. The van der Waals surface area contributed by atoms with Crippen LogP contribution >= 0.6 is 0 Å². The Morgan fingerprint density at radius 2 is 1.84 bits per heavy atom. The van der Waals surface area contributed by atoms with Crippen LogP contribution in [0.2, 0.25) is 0 Å². The van der Waals surface area contributed by atoms with Crippen LogP contribution in [0.1, 0.15) is 61.7 Å². The maximum absolute atomic E-state index is 15.4. The summed E-state index contributed by atoms with van der Waals surface area (Å²) < 4.78 is 37.3. The normalized spacial score (nSPS) is 15.0. The number of nitrogens with zero attached hydrogens (tertiary/aromatic N) is 2. The molecular formula is C28H34FN3O6. The molecule has 2 aliphatic heterocycles. The van der Waals surface area contributed by atoms with E-state index in [0.717, 1.165) is 5.56 Å². The number of hydrogen-bond donors (Lipinski definition) is 1. The van der Waals surface area contributed by atoms with Gasteiger partial charge < -0.3 is 23.8 Å². The van der Waals surface area contributed by atoms with Crippen molar-refractivity contribution in [3.63, 3.8) is 0 Å². The summed E-state index contributed by atoms with van der Waals surface area (Å²) in [5, 5.41) is 8.64. The minimum Gasteiger partial charge on any atom is -0.494 e. The molecule has 0 spiro atoms. The van der Waals surface area contributed by atoms with E-state index in [1.54, 1.807) is 32.0 Å². The average Bonchev–Trinajstić information content (AvgIpc) is 3.42. The van der Waals surface area contributed by atoms with E-state index in [0.29, 0.717) is 35.7 Å². The molecule has 1 fully saturated rings. The fourth-order valence-corrected chi connectivity index (χ4v) is 4.78. The van der Waals surface area contributed by atoms with E-state index in [4.69, 9.17) is 24.4 Å². The third-order valence-electron chi connectivity index (χ3n) is 6.56. The molecule has 1 N–H and O–H groups in total. The number of carbonyl (C=O) groups excluding carboxylic acids is 2. The first-order valence-electron chi connectivity index (χ1n) is 12.7. The van der Waals surface area contributed by atoms with Crippen LogP contribution < -0.4 is 19.1 Å². The fraction of sp³-hybridized carbons (Fsp3) is 0.464. The van der Waals surface area contributed by atoms with Gasteiger partial charge in [0, 0.05) is 17.7 Å². The van der Waals surface area contributed by atoms with Gasteiger partial charge in [0.15, 0.2) is 23.1 Å². The minimum atomic E-state index is -0.665. The van der Waals surface area contributed by atoms with Crippen LogP contribution in [-0.2, 0) is 16.7 Å². The number of nitrogens with one attached hydrogen (secondary N) is 1. The second-order valence-corrected chi connectivity index (χ2v) is 10.1. The van der Waals surface area contributed by atoms with Crippen LogP contribution in [-0.4, -0.2) is 62.6 Å². The van der Waals surface area contributed by atoms with E-state index in [9.17, 15) is 9.59 Å². The van der Waals surface area contributed by atoms with Crippen molar-refractivity contribution in [2.75, 3.05) is 44.9 Å². The molecular weight excluding hydrogens is 493 g/mol. The number of cyclic esters (lactones) is 1. The number of rotatable bonds is 9. The summed E-state index contributed by atoms with van der Waals surface area (Å²) in [5.74, 6) is -0.287. The summed E-state index contributed by atoms with van der Waals surface area (Å²) in [7, 11) is 1.53. The lowest BCUT2D eigenvalue weighted by atomic mass is 9.84. The molecule has 0 aliphatic carbocycles. The summed E-state index contributed by atoms with van der Waals surface area (Å²) in [6, 6.07) is 5.06. The average molecular weight is 528 g/mol. The van der Waals surface area contributed by atoms with Crippen molar-refractivity contribution >= 4 is 23.4 Å². The first-order valence-corrected chi connectivity index (χ1v) is 12.7. The Morgan fingerprint density at radius 3 is 2.42 bits per heavy atom. The van der Waals surface area contributed by atoms with Crippen LogP contribution in [0.15, 0.2) is 18.2 Å². The Balaban J connectivity index is 1.69. The number of hydrogen-bond acceptors (Lipinski definition) is 7. The summed E-state index contributed by atoms with van der Waals surface area (Å²) in [5.41, 5.74) is 1.84. The van der Waals surface area contributed by atoms with Gasteiger partial charge in [-0.2, -0.15) is 0 Å². The maximum Gasteiger partial charge on any atom is 0.414 e. The van der Waals surface area contributed by atoms with Gasteiger partial charge in [0.25, 0.3) is 0 Å². The summed E-state index contributed by atoms with van der Waals surface area (Å²) >= 11 is 0. The molecule has 10 heteroatoms. The van der Waals surface area contributed by atoms with Crippen molar-refractivity contribution in [2.45, 2.75) is 46.6 Å². The number of benzene rings is 2. The molecule has 2 aliphatic rings. The molecule has 0 aromatic heterocycles. The van der Waals surface area contributed by atoms with Gasteiger partial charge >= 0.3 is 6.09 Å². The molecule has 2 aromatic rings.